The normalized spacial score (nSPS) is 16.1. The Morgan fingerprint density at radius 3 is 2.74 bits per heavy atom. The number of nitriles is 1. The van der Waals surface area contributed by atoms with Gasteiger partial charge in [-0.3, -0.25) is 4.79 Å². The van der Waals surface area contributed by atoms with E-state index in [1.54, 1.807) is 24.3 Å². The summed E-state index contributed by atoms with van der Waals surface area (Å²) in [7, 11) is 0. The van der Waals surface area contributed by atoms with Gasteiger partial charge in [-0.15, -0.1) is 0 Å². The predicted octanol–water partition coefficient (Wildman–Crippen LogP) is 2.98. The van der Waals surface area contributed by atoms with Gasteiger partial charge in [-0.05, 0) is 48.6 Å². The van der Waals surface area contributed by atoms with Gasteiger partial charge in [0.05, 0.1) is 11.6 Å². The minimum Gasteiger partial charge on any atom is -0.486 e. The van der Waals surface area contributed by atoms with Crippen LogP contribution in [0.2, 0.25) is 0 Å². The minimum atomic E-state index is -0.213. The summed E-state index contributed by atoms with van der Waals surface area (Å²) >= 11 is 0. The van der Waals surface area contributed by atoms with Crippen LogP contribution < -0.4 is 19.5 Å². The van der Waals surface area contributed by atoms with Crippen LogP contribution in [-0.4, -0.2) is 25.7 Å². The third-order valence-electron chi connectivity index (χ3n) is 4.70. The molecule has 138 valence electrons. The number of amides is 1. The third-order valence-corrected chi connectivity index (χ3v) is 4.70. The first kappa shape index (κ1) is 17.2. The van der Waals surface area contributed by atoms with Crippen LogP contribution in [0.1, 0.15) is 30.0 Å². The molecule has 1 amide bonds. The number of ether oxygens (including phenoxy) is 3. The van der Waals surface area contributed by atoms with Crippen LogP contribution in [0.5, 0.6) is 17.2 Å². The molecule has 1 fully saturated rings. The molecule has 0 radical (unpaired) electrons. The highest BCUT2D eigenvalue weighted by Gasteiger charge is 2.34. The molecule has 0 saturated heterocycles. The van der Waals surface area contributed by atoms with Gasteiger partial charge in [0.25, 0.3) is 5.91 Å². The molecule has 6 nitrogen and oxygen atoms in total. The summed E-state index contributed by atoms with van der Waals surface area (Å²) < 4.78 is 16.8. The number of benzene rings is 2. The Hall–Kier alpha value is -3.20. The fourth-order valence-corrected chi connectivity index (χ4v) is 3.20. The average molecular weight is 364 g/mol. The van der Waals surface area contributed by atoms with Gasteiger partial charge in [-0.25, -0.2) is 0 Å². The van der Waals surface area contributed by atoms with Gasteiger partial charge >= 0.3 is 0 Å². The number of carbonyl (C=O) groups is 1. The van der Waals surface area contributed by atoms with Gasteiger partial charge in [-0.2, -0.15) is 5.26 Å². The summed E-state index contributed by atoms with van der Waals surface area (Å²) in [5, 5.41) is 12.2. The Kier molecular flexibility index (Phi) is 4.84. The second-order valence-electron chi connectivity index (χ2n) is 6.68. The summed E-state index contributed by atoms with van der Waals surface area (Å²) in [6.45, 7) is 0.951. The molecule has 1 aliphatic carbocycles. The fourth-order valence-electron chi connectivity index (χ4n) is 3.20. The molecule has 6 heteroatoms. The molecule has 1 aliphatic heterocycles. The van der Waals surface area contributed by atoms with Gasteiger partial charge in [0.15, 0.2) is 18.1 Å². The molecule has 2 aliphatic rings. The van der Waals surface area contributed by atoms with Crippen molar-refractivity contribution in [1.82, 2.24) is 5.32 Å². The standard InChI is InChI=1S/C21H20N2O4/c22-12-16-3-1-2-4-17(16)27-13-20(24)23-21(14-5-6-14)15-7-8-18-19(11-15)26-10-9-25-18/h1-4,7-8,11,14,21H,5-6,9-10,13H2,(H,23,24). The molecule has 0 spiro atoms. The molecule has 1 heterocycles. The Morgan fingerprint density at radius 1 is 1.19 bits per heavy atom. The summed E-state index contributed by atoms with van der Waals surface area (Å²) in [5.74, 6) is 2.08. The van der Waals surface area contributed by atoms with E-state index in [1.165, 1.54) is 0 Å². The smallest absolute Gasteiger partial charge is 0.258 e. The topological polar surface area (TPSA) is 80.6 Å². The summed E-state index contributed by atoms with van der Waals surface area (Å²) in [5.41, 5.74) is 1.42. The maximum atomic E-state index is 12.4. The maximum absolute atomic E-state index is 12.4. The van der Waals surface area contributed by atoms with Crippen LogP contribution in [-0.2, 0) is 4.79 Å². The number of hydrogen-bond donors (Lipinski definition) is 1. The van der Waals surface area contributed by atoms with Crippen LogP contribution >= 0.6 is 0 Å². The van der Waals surface area contributed by atoms with Crippen molar-refractivity contribution in [3.8, 4) is 23.3 Å². The molecule has 2 aromatic rings. The van der Waals surface area contributed by atoms with E-state index in [2.05, 4.69) is 11.4 Å². The second-order valence-corrected chi connectivity index (χ2v) is 6.68. The first-order valence-corrected chi connectivity index (χ1v) is 9.05. The lowest BCUT2D eigenvalue weighted by molar-refractivity contribution is -0.124. The van der Waals surface area contributed by atoms with Crippen LogP contribution in [0.3, 0.4) is 0 Å². The SMILES string of the molecule is N#Cc1ccccc1OCC(=O)NC(c1ccc2c(c1)OCCO2)C1CC1. The van der Waals surface area contributed by atoms with Gasteiger partial charge in [0, 0.05) is 0 Å². The van der Waals surface area contributed by atoms with E-state index in [1.807, 2.05) is 18.2 Å². The summed E-state index contributed by atoms with van der Waals surface area (Å²) in [6.07, 6.45) is 2.16. The number of hydrogen-bond acceptors (Lipinski definition) is 5. The highest BCUT2D eigenvalue weighted by molar-refractivity contribution is 5.78. The quantitative estimate of drug-likeness (QED) is 0.852. The van der Waals surface area contributed by atoms with E-state index in [9.17, 15) is 4.79 Å². The minimum absolute atomic E-state index is 0.0804. The Balaban J connectivity index is 1.43. The number of nitrogens with one attached hydrogen (secondary N) is 1. The molecule has 2 aromatic carbocycles. The Bertz CT molecular complexity index is 886. The van der Waals surface area contributed by atoms with Crippen molar-refractivity contribution in [2.75, 3.05) is 19.8 Å². The van der Waals surface area contributed by atoms with E-state index in [4.69, 9.17) is 19.5 Å². The first-order valence-electron chi connectivity index (χ1n) is 9.05. The molecule has 1 unspecified atom stereocenters. The number of carbonyl (C=O) groups excluding carboxylic acids is 1. The second kappa shape index (κ2) is 7.58. The van der Waals surface area contributed by atoms with Crippen LogP contribution in [0, 0.1) is 17.2 Å². The zero-order valence-corrected chi connectivity index (χ0v) is 14.8. The van der Waals surface area contributed by atoms with E-state index >= 15 is 0 Å². The van der Waals surface area contributed by atoms with Crippen LogP contribution in [0.4, 0.5) is 0 Å². The molecule has 1 saturated carbocycles. The average Bonchev–Trinajstić information content (AvgIpc) is 3.55. The highest BCUT2D eigenvalue weighted by atomic mass is 16.6. The van der Waals surface area contributed by atoms with E-state index < -0.39 is 0 Å². The summed E-state index contributed by atoms with van der Waals surface area (Å²) in [4.78, 5) is 12.4. The van der Waals surface area contributed by atoms with Crippen molar-refractivity contribution in [2.45, 2.75) is 18.9 Å². The van der Waals surface area contributed by atoms with Crippen molar-refractivity contribution >= 4 is 5.91 Å². The van der Waals surface area contributed by atoms with Crippen molar-refractivity contribution in [3.05, 3.63) is 53.6 Å². The van der Waals surface area contributed by atoms with Crippen molar-refractivity contribution in [2.24, 2.45) is 5.92 Å². The molecule has 1 N–H and O–H groups in total. The lowest BCUT2D eigenvalue weighted by atomic mass is 10.0. The fraction of sp³-hybridized carbons (Fsp3) is 0.333. The number of rotatable bonds is 6. The van der Waals surface area contributed by atoms with E-state index in [0.29, 0.717) is 30.4 Å². The van der Waals surface area contributed by atoms with Crippen molar-refractivity contribution < 1.29 is 19.0 Å². The number of nitrogens with zero attached hydrogens (tertiary/aromatic N) is 1. The Labute approximate surface area is 157 Å². The monoisotopic (exact) mass is 364 g/mol. The molecular formula is C21H20N2O4. The van der Waals surface area contributed by atoms with Crippen molar-refractivity contribution in [3.63, 3.8) is 0 Å². The lowest BCUT2D eigenvalue weighted by Crippen LogP contribution is -2.34. The summed E-state index contributed by atoms with van der Waals surface area (Å²) in [6, 6.07) is 14.7. The van der Waals surface area contributed by atoms with Crippen LogP contribution in [0.25, 0.3) is 0 Å². The van der Waals surface area contributed by atoms with Gasteiger partial charge in [-0.1, -0.05) is 18.2 Å². The molecule has 1 atom stereocenters. The largest absolute Gasteiger partial charge is 0.486 e. The molecule has 4 rings (SSSR count). The predicted molar refractivity (Wildman–Crippen MR) is 97.7 cm³/mol. The maximum Gasteiger partial charge on any atom is 0.258 e. The first-order chi connectivity index (χ1) is 13.2. The zero-order valence-electron chi connectivity index (χ0n) is 14.8. The highest BCUT2D eigenvalue weighted by Crippen LogP contribution is 2.43. The molecule has 0 aromatic heterocycles. The van der Waals surface area contributed by atoms with E-state index in [-0.39, 0.29) is 18.6 Å². The van der Waals surface area contributed by atoms with E-state index in [0.717, 1.165) is 29.9 Å². The number of para-hydroxylation sites is 1. The third kappa shape index (κ3) is 3.98. The number of fused-ring (bicyclic) bond motifs is 1. The molecular weight excluding hydrogens is 344 g/mol. The lowest BCUT2D eigenvalue weighted by Gasteiger charge is -2.23. The zero-order chi connectivity index (χ0) is 18.6. The van der Waals surface area contributed by atoms with Gasteiger partial charge < -0.3 is 19.5 Å². The van der Waals surface area contributed by atoms with Gasteiger partial charge in [0.2, 0.25) is 0 Å². The van der Waals surface area contributed by atoms with Crippen LogP contribution in [0.15, 0.2) is 42.5 Å². The van der Waals surface area contributed by atoms with Crippen molar-refractivity contribution in [1.29, 1.82) is 5.26 Å². The molecule has 27 heavy (non-hydrogen) atoms. The van der Waals surface area contributed by atoms with Gasteiger partial charge in [0.1, 0.15) is 25.0 Å². The molecule has 0 bridgehead atoms. The Morgan fingerprint density at radius 2 is 1.96 bits per heavy atom.